The van der Waals surface area contributed by atoms with E-state index >= 15 is 0 Å². The molecule has 0 radical (unpaired) electrons. The SMILES string of the molecule is Cl.NC(=O)NC(=O)CCNC(=O)C1CC2CCCCC2N1. The number of halogens is 1. The molecule has 2 rings (SSSR count). The topological polar surface area (TPSA) is 113 Å². The molecular formula is C13H23ClN4O3. The van der Waals surface area contributed by atoms with Gasteiger partial charge in [0.2, 0.25) is 11.8 Å². The van der Waals surface area contributed by atoms with Gasteiger partial charge in [-0.05, 0) is 25.2 Å². The van der Waals surface area contributed by atoms with Gasteiger partial charge in [-0.2, -0.15) is 0 Å². The van der Waals surface area contributed by atoms with Crippen LogP contribution in [0.25, 0.3) is 0 Å². The molecule has 7 nitrogen and oxygen atoms in total. The van der Waals surface area contributed by atoms with Crippen molar-refractivity contribution in [2.75, 3.05) is 6.54 Å². The van der Waals surface area contributed by atoms with Gasteiger partial charge >= 0.3 is 6.03 Å². The largest absolute Gasteiger partial charge is 0.354 e. The third-order valence-electron chi connectivity index (χ3n) is 4.09. The van der Waals surface area contributed by atoms with E-state index in [9.17, 15) is 14.4 Å². The molecule has 2 fully saturated rings. The first-order valence-corrected chi connectivity index (χ1v) is 7.19. The molecule has 0 spiro atoms. The van der Waals surface area contributed by atoms with Crippen LogP contribution in [0.15, 0.2) is 0 Å². The lowest BCUT2D eigenvalue weighted by molar-refractivity contribution is -0.123. The summed E-state index contributed by atoms with van der Waals surface area (Å²) < 4.78 is 0. The first kappa shape index (κ1) is 17.7. The van der Waals surface area contributed by atoms with E-state index in [2.05, 4.69) is 10.6 Å². The minimum atomic E-state index is -0.872. The Morgan fingerprint density at radius 1 is 1.19 bits per heavy atom. The maximum atomic E-state index is 12.0. The molecule has 0 aromatic carbocycles. The fourth-order valence-corrected chi connectivity index (χ4v) is 3.14. The lowest BCUT2D eigenvalue weighted by Crippen LogP contribution is -2.44. The zero-order valence-electron chi connectivity index (χ0n) is 11.9. The molecule has 3 unspecified atom stereocenters. The summed E-state index contributed by atoms with van der Waals surface area (Å²) in [5.41, 5.74) is 4.82. The summed E-state index contributed by atoms with van der Waals surface area (Å²) in [5, 5.41) is 8.06. The molecule has 0 aromatic rings. The monoisotopic (exact) mass is 318 g/mol. The number of carbonyl (C=O) groups is 3. The van der Waals surface area contributed by atoms with Crippen LogP contribution in [-0.2, 0) is 9.59 Å². The van der Waals surface area contributed by atoms with Crippen LogP contribution < -0.4 is 21.7 Å². The maximum absolute atomic E-state index is 12.0. The molecule has 0 bridgehead atoms. The summed E-state index contributed by atoms with van der Waals surface area (Å²) in [4.78, 5) is 33.6. The Labute approximate surface area is 130 Å². The Balaban J connectivity index is 0.00000220. The highest BCUT2D eigenvalue weighted by molar-refractivity contribution is 5.93. The predicted octanol–water partition coefficient (Wildman–Crippen LogP) is 0.0301. The molecule has 5 N–H and O–H groups in total. The van der Waals surface area contributed by atoms with Crippen molar-refractivity contribution in [3.8, 4) is 0 Å². The second-order valence-electron chi connectivity index (χ2n) is 5.56. The number of primary amides is 1. The summed E-state index contributed by atoms with van der Waals surface area (Å²) in [6.45, 7) is 0.214. The molecule has 3 atom stereocenters. The number of imide groups is 1. The molecule has 1 heterocycles. The Morgan fingerprint density at radius 3 is 2.57 bits per heavy atom. The average Bonchev–Trinajstić information content (AvgIpc) is 2.81. The Kier molecular flexibility index (Phi) is 6.91. The van der Waals surface area contributed by atoms with Gasteiger partial charge < -0.3 is 16.4 Å². The Morgan fingerprint density at radius 2 is 1.90 bits per heavy atom. The molecule has 120 valence electrons. The van der Waals surface area contributed by atoms with Crippen molar-refractivity contribution in [1.82, 2.24) is 16.0 Å². The van der Waals surface area contributed by atoms with E-state index in [1.165, 1.54) is 19.3 Å². The fraction of sp³-hybridized carbons (Fsp3) is 0.769. The zero-order valence-corrected chi connectivity index (χ0v) is 12.7. The normalized spacial score (nSPS) is 27.1. The maximum Gasteiger partial charge on any atom is 0.318 e. The van der Waals surface area contributed by atoms with Crippen molar-refractivity contribution >= 4 is 30.3 Å². The van der Waals surface area contributed by atoms with E-state index in [1.54, 1.807) is 0 Å². The molecule has 8 heteroatoms. The summed E-state index contributed by atoms with van der Waals surface area (Å²) in [6.07, 6.45) is 5.76. The van der Waals surface area contributed by atoms with Crippen molar-refractivity contribution in [2.24, 2.45) is 11.7 Å². The highest BCUT2D eigenvalue weighted by atomic mass is 35.5. The minimum Gasteiger partial charge on any atom is -0.354 e. The van der Waals surface area contributed by atoms with E-state index in [4.69, 9.17) is 5.73 Å². The van der Waals surface area contributed by atoms with Crippen LogP contribution in [0.3, 0.4) is 0 Å². The number of amides is 4. The molecule has 2 aliphatic rings. The lowest BCUT2D eigenvalue weighted by Gasteiger charge is -2.24. The number of rotatable bonds is 4. The van der Waals surface area contributed by atoms with Crippen LogP contribution >= 0.6 is 12.4 Å². The Bertz CT molecular complexity index is 391. The van der Waals surface area contributed by atoms with Crippen molar-refractivity contribution in [3.05, 3.63) is 0 Å². The molecule has 1 aliphatic heterocycles. The van der Waals surface area contributed by atoms with Gasteiger partial charge in [0.15, 0.2) is 0 Å². The van der Waals surface area contributed by atoms with E-state index in [0.717, 1.165) is 12.8 Å². The van der Waals surface area contributed by atoms with Crippen molar-refractivity contribution < 1.29 is 14.4 Å². The number of hydrogen-bond acceptors (Lipinski definition) is 4. The van der Waals surface area contributed by atoms with Gasteiger partial charge in [-0.1, -0.05) is 12.8 Å². The van der Waals surface area contributed by atoms with Crippen molar-refractivity contribution in [3.63, 3.8) is 0 Å². The number of hydrogen-bond donors (Lipinski definition) is 4. The van der Waals surface area contributed by atoms with Gasteiger partial charge in [-0.15, -0.1) is 12.4 Å². The van der Waals surface area contributed by atoms with Crippen molar-refractivity contribution in [1.29, 1.82) is 0 Å². The predicted molar refractivity (Wildman–Crippen MR) is 79.9 cm³/mol. The molecule has 1 saturated heterocycles. The van der Waals surface area contributed by atoms with E-state index in [-0.39, 0.29) is 37.3 Å². The quantitative estimate of drug-likeness (QED) is 0.585. The first-order valence-electron chi connectivity index (χ1n) is 7.19. The second-order valence-corrected chi connectivity index (χ2v) is 5.56. The van der Waals surface area contributed by atoms with Crippen LogP contribution in [0.2, 0.25) is 0 Å². The number of fused-ring (bicyclic) bond motifs is 1. The van der Waals surface area contributed by atoms with Crippen LogP contribution in [0.1, 0.15) is 38.5 Å². The highest BCUT2D eigenvalue weighted by Crippen LogP contribution is 2.33. The molecule has 4 amide bonds. The molecule has 0 aromatic heterocycles. The first-order chi connectivity index (χ1) is 9.56. The van der Waals surface area contributed by atoms with Gasteiger partial charge in [0, 0.05) is 19.0 Å². The number of carbonyl (C=O) groups excluding carboxylic acids is 3. The smallest absolute Gasteiger partial charge is 0.318 e. The summed E-state index contributed by atoms with van der Waals surface area (Å²) in [6, 6.07) is -0.553. The Hall–Kier alpha value is -1.34. The second kappa shape index (κ2) is 8.19. The van der Waals surface area contributed by atoms with Crippen LogP contribution in [-0.4, -0.2) is 36.5 Å². The van der Waals surface area contributed by atoms with Gasteiger partial charge in [0.05, 0.1) is 6.04 Å². The van der Waals surface area contributed by atoms with Gasteiger partial charge in [-0.25, -0.2) is 4.79 Å². The number of nitrogens with two attached hydrogens (primary N) is 1. The third-order valence-corrected chi connectivity index (χ3v) is 4.09. The summed E-state index contributed by atoms with van der Waals surface area (Å²) in [7, 11) is 0. The summed E-state index contributed by atoms with van der Waals surface area (Å²) in [5.74, 6) is 0.0646. The lowest BCUT2D eigenvalue weighted by atomic mass is 9.85. The van der Waals surface area contributed by atoms with E-state index in [1.807, 2.05) is 5.32 Å². The number of nitrogens with one attached hydrogen (secondary N) is 3. The van der Waals surface area contributed by atoms with Crippen molar-refractivity contribution in [2.45, 2.75) is 50.6 Å². The summed E-state index contributed by atoms with van der Waals surface area (Å²) >= 11 is 0. The number of urea groups is 1. The third kappa shape index (κ3) is 5.17. The van der Waals surface area contributed by atoms with Gasteiger partial charge in [0.25, 0.3) is 0 Å². The molecular weight excluding hydrogens is 296 g/mol. The van der Waals surface area contributed by atoms with Gasteiger partial charge in [-0.3, -0.25) is 14.9 Å². The van der Waals surface area contributed by atoms with Crippen LogP contribution in [0, 0.1) is 5.92 Å². The molecule has 21 heavy (non-hydrogen) atoms. The highest BCUT2D eigenvalue weighted by Gasteiger charge is 2.37. The van der Waals surface area contributed by atoms with E-state index < -0.39 is 11.9 Å². The zero-order chi connectivity index (χ0) is 14.5. The molecule has 1 saturated carbocycles. The minimum absolute atomic E-state index is 0. The fourth-order valence-electron chi connectivity index (χ4n) is 3.14. The van der Waals surface area contributed by atoms with E-state index in [0.29, 0.717) is 12.0 Å². The standard InChI is InChI=1S/C13H22N4O3.ClH/c14-13(20)17-11(18)5-6-15-12(19)10-7-8-3-1-2-4-9(8)16-10;/h8-10,16H,1-7H2,(H,15,19)(H3,14,17,18,20);1H. The molecule has 1 aliphatic carbocycles. The van der Waals surface area contributed by atoms with Crippen LogP contribution in [0.4, 0.5) is 4.79 Å². The van der Waals surface area contributed by atoms with Crippen LogP contribution in [0.5, 0.6) is 0 Å². The average molecular weight is 319 g/mol. The van der Waals surface area contributed by atoms with Gasteiger partial charge in [0.1, 0.15) is 0 Å².